The Bertz CT molecular complexity index is 3410. The largest absolute Gasteiger partial charge is 0.379 e. The third-order valence-corrected chi connectivity index (χ3v) is 12.0. The van der Waals surface area contributed by atoms with Crippen LogP contribution in [0.25, 0.3) is 78.6 Å². The number of nitrogens with zero attached hydrogens (tertiary/aromatic N) is 1. The molecule has 0 unspecified atom stereocenters. The normalized spacial score (nSPS) is 12.4. The molecule has 0 amide bonds. The van der Waals surface area contributed by atoms with Crippen molar-refractivity contribution in [1.29, 1.82) is 0 Å². The Morgan fingerprint density at radius 1 is 0.469 bits per heavy atom. The number of halogens is 9. The molecule has 8 rings (SSSR count). The van der Waals surface area contributed by atoms with Gasteiger partial charge in [-0.3, -0.25) is 9.11 Å². The quantitative estimate of drug-likeness (QED) is 0.0375. The maximum atomic E-state index is 16.3. The summed E-state index contributed by atoms with van der Waals surface area (Å²) in [4.78, 5) is 13.5. The second kappa shape index (κ2) is 16.7. The predicted octanol–water partition coefficient (Wildman–Crippen LogP) is 10.2. The molecule has 1 aliphatic heterocycles. The van der Waals surface area contributed by atoms with Crippen molar-refractivity contribution in [2.45, 2.75) is 0 Å². The Morgan fingerprint density at radius 3 is 1.23 bits per heavy atom. The highest BCUT2D eigenvalue weighted by Crippen LogP contribution is 2.42. The van der Waals surface area contributed by atoms with Gasteiger partial charge in [0.05, 0.1) is 45.1 Å². The smallest absolute Gasteiger partial charge is 0.266 e. The third kappa shape index (κ3) is 8.31. The lowest BCUT2D eigenvalue weighted by atomic mass is 10.0. The number of H-pyrrole nitrogens is 3. The van der Waals surface area contributed by atoms with E-state index in [0.29, 0.717) is 10.0 Å². The minimum atomic E-state index is -4.64. The number of nitrogens with one attached hydrogen (secondary N) is 5. The van der Waals surface area contributed by atoms with Crippen molar-refractivity contribution in [3.05, 3.63) is 123 Å². The van der Waals surface area contributed by atoms with E-state index in [1.807, 2.05) is 10.6 Å². The molecule has 0 spiro atoms. The fourth-order valence-corrected chi connectivity index (χ4v) is 8.20. The highest BCUT2D eigenvalue weighted by Gasteiger charge is 2.31. The number of fused-ring (bicyclic) bond motifs is 9. The van der Waals surface area contributed by atoms with Crippen LogP contribution in [-0.2, 0) is 20.2 Å². The summed E-state index contributed by atoms with van der Waals surface area (Å²) in [7, 11) is -9.27. The fourth-order valence-electron chi connectivity index (χ4n) is 7.22. The first-order valence-electron chi connectivity index (χ1n) is 18.4. The van der Waals surface area contributed by atoms with E-state index in [0.717, 1.165) is 0 Å². The number of benzene rings is 3. The summed E-state index contributed by atoms with van der Waals surface area (Å²) in [5, 5.41) is 3.93. The molecule has 1 aliphatic rings. The fraction of sp³-hybridized carbons (Fsp3) is 0.0976. The Balaban J connectivity index is 1.46. The van der Waals surface area contributed by atoms with Crippen LogP contribution in [0.3, 0.4) is 0 Å². The van der Waals surface area contributed by atoms with Crippen molar-refractivity contribution < 1.29 is 61.1 Å². The van der Waals surface area contributed by atoms with Crippen LogP contribution in [0.15, 0.2) is 65.1 Å². The van der Waals surface area contributed by atoms with E-state index < -0.39 is 125 Å². The van der Waals surface area contributed by atoms with Gasteiger partial charge in [-0.25, -0.2) is 40.1 Å². The lowest BCUT2D eigenvalue weighted by Crippen LogP contribution is -2.17. The van der Waals surface area contributed by atoms with Gasteiger partial charge >= 0.3 is 0 Å². The molecular formula is C41H27BrF8N6O6S2. The maximum Gasteiger partial charge on any atom is 0.266 e. The van der Waals surface area contributed by atoms with Crippen molar-refractivity contribution in [3.8, 4) is 33.4 Å². The van der Waals surface area contributed by atoms with E-state index in [1.165, 1.54) is 48.6 Å². The van der Waals surface area contributed by atoms with E-state index in [4.69, 9.17) is 9.11 Å². The molecule has 0 saturated heterocycles. The average molecular weight is 996 g/mol. The zero-order valence-corrected chi connectivity index (χ0v) is 35.2. The molecule has 0 fully saturated rings. The van der Waals surface area contributed by atoms with Gasteiger partial charge in [-0.15, -0.1) is 0 Å². The first-order chi connectivity index (χ1) is 30.2. The minimum absolute atomic E-state index is 0.0769. The van der Waals surface area contributed by atoms with Crippen LogP contribution >= 0.6 is 15.9 Å². The van der Waals surface area contributed by atoms with Gasteiger partial charge < -0.3 is 25.6 Å². The Morgan fingerprint density at radius 2 is 0.812 bits per heavy atom. The number of anilines is 2. The zero-order valence-electron chi connectivity index (χ0n) is 31.9. The van der Waals surface area contributed by atoms with Gasteiger partial charge in [0.25, 0.3) is 20.2 Å². The number of hydrogen-bond donors (Lipinski definition) is 7. The maximum absolute atomic E-state index is 16.3. The van der Waals surface area contributed by atoms with Crippen molar-refractivity contribution in [2.75, 3.05) is 35.2 Å². The van der Waals surface area contributed by atoms with Crippen LogP contribution in [0.4, 0.5) is 46.5 Å². The Labute approximate surface area is 364 Å². The molecule has 12 nitrogen and oxygen atoms in total. The topological polar surface area (TPSA) is 193 Å². The average Bonchev–Trinajstić information content (AvgIpc) is 4.08. The van der Waals surface area contributed by atoms with E-state index in [-0.39, 0.29) is 50.1 Å². The summed E-state index contributed by atoms with van der Waals surface area (Å²) in [5.41, 5.74) is -5.55. The lowest BCUT2D eigenvalue weighted by molar-refractivity contribution is 0.462. The van der Waals surface area contributed by atoms with Gasteiger partial charge in [0.2, 0.25) is 0 Å². The summed E-state index contributed by atoms with van der Waals surface area (Å²) in [6, 6.07) is 14.7. The van der Waals surface area contributed by atoms with Crippen LogP contribution in [0, 0.1) is 46.5 Å². The molecule has 7 aromatic rings. The summed E-state index contributed by atoms with van der Waals surface area (Å²) in [6.45, 7) is -1.65. The first kappa shape index (κ1) is 44.3. The van der Waals surface area contributed by atoms with Crippen LogP contribution < -0.4 is 10.6 Å². The molecule has 5 heterocycles. The molecule has 332 valence electrons. The monoisotopic (exact) mass is 994 g/mol. The van der Waals surface area contributed by atoms with E-state index in [1.54, 1.807) is 24.3 Å². The van der Waals surface area contributed by atoms with Crippen LogP contribution in [0.2, 0.25) is 0 Å². The molecule has 23 heteroatoms. The van der Waals surface area contributed by atoms with Crippen molar-refractivity contribution in [2.24, 2.45) is 0 Å². The number of rotatable bonds is 11. The van der Waals surface area contributed by atoms with Crippen molar-refractivity contribution in [3.63, 3.8) is 0 Å². The van der Waals surface area contributed by atoms with Gasteiger partial charge in [-0.05, 0) is 66.2 Å². The van der Waals surface area contributed by atoms with Gasteiger partial charge in [0.15, 0.2) is 46.5 Å². The molecule has 0 saturated carbocycles. The minimum Gasteiger partial charge on any atom is -0.379 e. The number of hydrogen-bond acceptors (Lipinski definition) is 7. The molecule has 4 aromatic heterocycles. The van der Waals surface area contributed by atoms with Crippen LogP contribution in [0.5, 0.6) is 0 Å². The molecule has 64 heavy (non-hydrogen) atoms. The van der Waals surface area contributed by atoms with Gasteiger partial charge in [0, 0.05) is 56.3 Å². The third-order valence-electron chi connectivity index (χ3n) is 10.1. The second-order valence-electron chi connectivity index (χ2n) is 14.1. The van der Waals surface area contributed by atoms with Gasteiger partial charge in [0.1, 0.15) is 11.4 Å². The molecule has 8 bridgehead atoms. The SMILES string of the molecule is O=S(=O)(O)CCNc1c(F)c(F)c(-c2c3nc(c(-c4ccc(Br)cc4)c4ccc([nH]4)c(-c4c(F)c(F)c(NCCS(=O)(=O)O)c(F)c4F)c4ccc([nH]4)c4ccc2[nH]4)C=C3)c(F)c1F. The second-order valence-corrected chi connectivity index (χ2v) is 18.2. The summed E-state index contributed by atoms with van der Waals surface area (Å²) >= 11 is 3.36. The van der Waals surface area contributed by atoms with Crippen molar-refractivity contribution >= 4 is 92.8 Å². The predicted molar refractivity (Wildman–Crippen MR) is 229 cm³/mol. The van der Waals surface area contributed by atoms with E-state index in [2.05, 4.69) is 35.9 Å². The van der Waals surface area contributed by atoms with Gasteiger partial charge in [-0.2, -0.15) is 16.8 Å². The summed E-state index contributed by atoms with van der Waals surface area (Å²) in [5.74, 6) is -17.4. The van der Waals surface area contributed by atoms with Crippen molar-refractivity contribution in [1.82, 2.24) is 19.9 Å². The molecule has 7 N–H and O–H groups in total. The number of aromatic nitrogens is 4. The molecule has 0 radical (unpaired) electrons. The highest BCUT2D eigenvalue weighted by atomic mass is 79.9. The number of aromatic amines is 3. The molecule has 0 aliphatic carbocycles. The van der Waals surface area contributed by atoms with Crippen LogP contribution in [-0.4, -0.2) is 70.5 Å². The first-order valence-corrected chi connectivity index (χ1v) is 22.4. The lowest BCUT2D eigenvalue weighted by Gasteiger charge is -2.14. The standard InChI is InChI=1S/C41H27BrF8N6O6S2/c42-18-3-1-17(2-4-18)27-21-9-11-25(55-21)28(30-32(43)36(47)40(37(48)33(30)44)51-13-15-63(57,58)59)23-7-5-19(53-23)20-6-8-24(54-20)29(26-12-10-22(27)56-26)31-34(45)38(49)41(39(50)35(31)46)52-14-16-64(60,61)62/h1-12,51-55H,13-16H2,(H,57,58,59)(H,60,61,62). The summed E-state index contributed by atoms with van der Waals surface area (Å²) < 4.78 is 191. The summed E-state index contributed by atoms with van der Waals surface area (Å²) in [6.07, 6.45) is 2.72. The molecule has 0 atom stereocenters. The van der Waals surface area contributed by atoms with E-state index in [9.17, 15) is 16.8 Å². The van der Waals surface area contributed by atoms with E-state index >= 15 is 35.1 Å². The van der Waals surface area contributed by atoms with Gasteiger partial charge in [-0.1, -0.05) is 28.1 Å². The zero-order chi connectivity index (χ0) is 46.0. The molecular weight excluding hydrogens is 969 g/mol. The highest BCUT2D eigenvalue weighted by molar-refractivity contribution is 9.10. The Hall–Kier alpha value is -6.27. The molecule has 3 aromatic carbocycles. The Kier molecular flexibility index (Phi) is 11.6. The van der Waals surface area contributed by atoms with Crippen LogP contribution in [0.1, 0.15) is 11.4 Å².